The Kier molecular flexibility index (Phi) is 3.21. The van der Waals surface area contributed by atoms with Gasteiger partial charge in [0.1, 0.15) is 0 Å². The molecule has 1 amide bonds. The first-order chi connectivity index (χ1) is 6.65. The lowest BCUT2D eigenvalue weighted by molar-refractivity contribution is 0.1000. The third-order valence-corrected chi connectivity index (χ3v) is 1.91. The van der Waals surface area contributed by atoms with Crippen molar-refractivity contribution < 1.29 is 4.79 Å². The van der Waals surface area contributed by atoms with Gasteiger partial charge >= 0.3 is 0 Å². The van der Waals surface area contributed by atoms with E-state index in [0.29, 0.717) is 5.56 Å². The summed E-state index contributed by atoms with van der Waals surface area (Å²) in [5.74, 6) is -0.490. The fraction of sp³-hybridized carbons (Fsp3) is 0.200. The monoisotopic (exact) mass is 189 g/mol. The van der Waals surface area contributed by atoms with E-state index in [-0.39, 0.29) is 12.5 Å². The molecule has 4 heteroatoms. The lowest BCUT2D eigenvalue weighted by atomic mass is 10.0. The molecule has 14 heavy (non-hydrogen) atoms. The third kappa shape index (κ3) is 2.31. The van der Waals surface area contributed by atoms with Crippen LogP contribution in [0.4, 0.5) is 0 Å². The minimum Gasteiger partial charge on any atom is -0.366 e. The summed E-state index contributed by atoms with van der Waals surface area (Å²) in [6.45, 7) is 0. The zero-order chi connectivity index (χ0) is 10.6. The number of nitrogens with zero attached hydrogens (tertiary/aromatic N) is 1. The maximum Gasteiger partial charge on any atom is 0.248 e. The Bertz CT molecular complexity index is 381. The Hall–Kier alpha value is -1.86. The lowest BCUT2D eigenvalue weighted by Gasteiger charge is -2.08. The van der Waals surface area contributed by atoms with Crippen LogP contribution in [-0.2, 0) is 0 Å². The topological polar surface area (TPSA) is 92.9 Å². The molecule has 1 aromatic rings. The van der Waals surface area contributed by atoms with Gasteiger partial charge in [0, 0.05) is 11.6 Å². The van der Waals surface area contributed by atoms with E-state index in [1.807, 2.05) is 6.07 Å². The van der Waals surface area contributed by atoms with E-state index in [2.05, 4.69) is 0 Å². The van der Waals surface area contributed by atoms with E-state index < -0.39 is 5.91 Å². The van der Waals surface area contributed by atoms with Gasteiger partial charge in [0.25, 0.3) is 0 Å². The number of nitriles is 1. The first-order valence-corrected chi connectivity index (χ1v) is 4.17. The normalized spacial score (nSPS) is 11.7. The van der Waals surface area contributed by atoms with Crippen LogP contribution in [0.25, 0.3) is 0 Å². The van der Waals surface area contributed by atoms with E-state index in [9.17, 15) is 4.79 Å². The number of carbonyl (C=O) groups is 1. The molecule has 0 aliphatic heterocycles. The van der Waals surface area contributed by atoms with Crippen molar-refractivity contribution in [2.75, 3.05) is 0 Å². The average molecular weight is 189 g/mol. The Labute approximate surface area is 82.1 Å². The molecule has 0 aromatic heterocycles. The molecule has 1 aromatic carbocycles. The maximum atomic E-state index is 10.9. The van der Waals surface area contributed by atoms with Crippen LogP contribution in [-0.4, -0.2) is 5.91 Å². The second kappa shape index (κ2) is 4.40. The van der Waals surface area contributed by atoms with Crippen LogP contribution in [0.5, 0.6) is 0 Å². The standard InChI is InChI=1S/C10H11N3O/c11-5-4-9(12)7-2-1-3-8(6-7)10(13)14/h1-3,6,9H,4,12H2,(H2,13,14). The highest BCUT2D eigenvalue weighted by Gasteiger charge is 2.07. The molecule has 4 N–H and O–H groups in total. The molecule has 0 saturated carbocycles. The number of hydrogen-bond donors (Lipinski definition) is 2. The van der Waals surface area contributed by atoms with E-state index in [0.717, 1.165) is 5.56 Å². The molecule has 0 saturated heterocycles. The molecule has 0 spiro atoms. The molecule has 4 nitrogen and oxygen atoms in total. The number of rotatable bonds is 3. The van der Waals surface area contributed by atoms with E-state index in [4.69, 9.17) is 16.7 Å². The van der Waals surface area contributed by atoms with E-state index in [1.165, 1.54) is 0 Å². The second-order valence-electron chi connectivity index (χ2n) is 2.96. The maximum absolute atomic E-state index is 10.9. The minimum atomic E-state index is -0.490. The van der Waals surface area contributed by atoms with Crippen molar-refractivity contribution in [1.82, 2.24) is 0 Å². The van der Waals surface area contributed by atoms with Crippen molar-refractivity contribution in [3.8, 4) is 6.07 Å². The summed E-state index contributed by atoms with van der Waals surface area (Å²) < 4.78 is 0. The number of primary amides is 1. The van der Waals surface area contributed by atoms with Crippen molar-refractivity contribution in [2.45, 2.75) is 12.5 Å². The van der Waals surface area contributed by atoms with Crippen LogP contribution in [0.1, 0.15) is 28.4 Å². The predicted molar refractivity (Wildman–Crippen MR) is 52.1 cm³/mol. The van der Waals surface area contributed by atoms with Gasteiger partial charge in [-0.2, -0.15) is 5.26 Å². The van der Waals surface area contributed by atoms with Crippen molar-refractivity contribution in [3.63, 3.8) is 0 Å². The number of benzene rings is 1. The SMILES string of the molecule is N#CCC(N)c1cccc(C(N)=O)c1. The summed E-state index contributed by atoms with van der Waals surface area (Å²) in [7, 11) is 0. The Morgan fingerprint density at radius 2 is 2.29 bits per heavy atom. The zero-order valence-corrected chi connectivity index (χ0v) is 7.60. The van der Waals surface area contributed by atoms with Crippen molar-refractivity contribution in [2.24, 2.45) is 11.5 Å². The number of amides is 1. The van der Waals surface area contributed by atoms with Gasteiger partial charge in [-0.05, 0) is 17.7 Å². The second-order valence-corrected chi connectivity index (χ2v) is 2.96. The van der Waals surface area contributed by atoms with Gasteiger partial charge in [0.15, 0.2) is 0 Å². The molecular weight excluding hydrogens is 178 g/mol. The van der Waals surface area contributed by atoms with Gasteiger partial charge in [0.05, 0.1) is 12.5 Å². The molecule has 0 bridgehead atoms. The fourth-order valence-electron chi connectivity index (χ4n) is 1.14. The van der Waals surface area contributed by atoms with Crippen LogP contribution >= 0.6 is 0 Å². The van der Waals surface area contributed by atoms with E-state index >= 15 is 0 Å². The Balaban J connectivity index is 2.94. The largest absolute Gasteiger partial charge is 0.366 e. The van der Waals surface area contributed by atoms with Crippen LogP contribution in [0.2, 0.25) is 0 Å². The van der Waals surface area contributed by atoms with Gasteiger partial charge in [-0.3, -0.25) is 4.79 Å². The molecule has 0 heterocycles. The van der Waals surface area contributed by atoms with Crippen molar-refractivity contribution in [3.05, 3.63) is 35.4 Å². The summed E-state index contributed by atoms with van der Waals surface area (Å²) >= 11 is 0. The zero-order valence-electron chi connectivity index (χ0n) is 7.60. The van der Waals surface area contributed by atoms with Gasteiger partial charge in [-0.15, -0.1) is 0 Å². The molecule has 1 rings (SSSR count). The first-order valence-electron chi connectivity index (χ1n) is 4.17. The highest BCUT2D eigenvalue weighted by atomic mass is 16.1. The molecule has 0 fully saturated rings. The van der Waals surface area contributed by atoms with Gasteiger partial charge in [-0.1, -0.05) is 12.1 Å². The molecular formula is C10H11N3O. The van der Waals surface area contributed by atoms with Crippen LogP contribution in [0.15, 0.2) is 24.3 Å². The van der Waals surface area contributed by atoms with Gasteiger partial charge in [0.2, 0.25) is 5.91 Å². The van der Waals surface area contributed by atoms with Crippen molar-refractivity contribution >= 4 is 5.91 Å². The summed E-state index contributed by atoms with van der Waals surface area (Å²) in [4.78, 5) is 10.9. The molecule has 72 valence electrons. The minimum absolute atomic E-state index is 0.224. The quantitative estimate of drug-likeness (QED) is 0.732. The summed E-state index contributed by atoms with van der Waals surface area (Å²) in [5.41, 5.74) is 12.0. The molecule has 1 atom stereocenters. The predicted octanol–water partition coefficient (Wildman–Crippen LogP) is 0.699. The highest BCUT2D eigenvalue weighted by molar-refractivity contribution is 5.92. The van der Waals surface area contributed by atoms with Crippen molar-refractivity contribution in [1.29, 1.82) is 5.26 Å². The number of nitrogens with two attached hydrogens (primary N) is 2. The molecule has 0 aliphatic rings. The molecule has 1 unspecified atom stereocenters. The summed E-state index contributed by atoms with van der Waals surface area (Å²) in [6, 6.07) is 8.32. The van der Waals surface area contributed by atoms with Gasteiger partial charge < -0.3 is 11.5 Å². The van der Waals surface area contributed by atoms with Crippen LogP contribution in [0, 0.1) is 11.3 Å². The van der Waals surface area contributed by atoms with Gasteiger partial charge in [-0.25, -0.2) is 0 Å². The third-order valence-electron chi connectivity index (χ3n) is 1.91. The highest BCUT2D eigenvalue weighted by Crippen LogP contribution is 2.14. The smallest absolute Gasteiger partial charge is 0.248 e. The Morgan fingerprint density at radius 3 is 2.86 bits per heavy atom. The first kappa shape index (κ1) is 10.2. The summed E-state index contributed by atoms with van der Waals surface area (Å²) in [6.07, 6.45) is 0.224. The number of hydrogen-bond acceptors (Lipinski definition) is 3. The fourth-order valence-corrected chi connectivity index (χ4v) is 1.14. The van der Waals surface area contributed by atoms with Crippen LogP contribution in [0.3, 0.4) is 0 Å². The summed E-state index contributed by atoms with van der Waals surface area (Å²) in [5, 5.41) is 8.45. The Morgan fingerprint density at radius 1 is 1.57 bits per heavy atom. The van der Waals surface area contributed by atoms with E-state index in [1.54, 1.807) is 24.3 Å². The lowest BCUT2D eigenvalue weighted by Crippen LogP contribution is -2.14. The average Bonchev–Trinajstić information content (AvgIpc) is 2.18. The van der Waals surface area contributed by atoms with Crippen LogP contribution < -0.4 is 11.5 Å². The molecule has 0 aliphatic carbocycles. The molecule has 0 radical (unpaired) electrons. The number of carbonyl (C=O) groups excluding carboxylic acids is 1.